The highest BCUT2D eigenvalue weighted by atomic mass is 32.2. The Bertz CT molecular complexity index is 679. The highest BCUT2D eigenvalue weighted by Gasteiger charge is 2.43. The number of para-hydroxylation sites is 1. The van der Waals surface area contributed by atoms with Crippen molar-refractivity contribution >= 4 is 15.7 Å². The first kappa shape index (κ1) is 14.4. The van der Waals surface area contributed by atoms with Gasteiger partial charge in [0.25, 0.3) is 0 Å². The van der Waals surface area contributed by atoms with Gasteiger partial charge in [0.1, 0.15) is 0 Å². The molecule has 2 aliphatic rings. The fourth-order valence-corrected chi connectivity index (χ4v) is 5.13. The van der Waals surface area contributed by atoms with Gasteiger partial charge in [-0.1, -0.05) is 12.5 Å². The van der Waals surface area contributed by atoms with Crippen molar-refractivity contribution < 1.29 is 17.7 Å². The van der Waals surface area contributed by atoms with E-state index in [1.165, 1.54) is 10.4 Å². The molecule has 0 bridgehead atoms. The predicted molar refractivity (Wildman–Crippen MR) is 72.6 cm³/mol. The molecule has 0 spiro atoms. The SMILES string of the molecule is O=[N+]([O-])c1c(F)cccc1S(=O)(=O)N1CC2CCCC2C1. The van der Waals surface area contributed by atoms with Crippen molar-refractivity contribution in [2.45, 2.75) is 24.2 Å². The zero-order valence-corrected chi connectivity index (χ0v) is 12.1. The zero-order valence-electron chi connectivity index (χ0n) is 11.2. The minimum absolute atomic E-state index is 0.326. The number of rotatable bonds is 3. The standard InChI is InChI=1S/C13H15FN2O4S/c14-11-5-2-6-12(13(11)16(17)18)21(19,20)15-7-9-3-1-4-10(9)8-15/h2,5-6,9-10H,1,3-4,7-8H2. The van der Waals surface area contributed by atoms with Gasteiger partial charge in [-0.25, -0.2) is 8.42 Å². The summed E-state index contributed by atoms with van der Waals surface area (Å²) in [4.78, 5) is 9.46. The van der Waals surface area contributed by atoms with E-state index in [-0.39, 0.29) is 0 Å². The Hall–Kier alpha value is -1.54. The van der Waals surface area contributed by atoms with Gasteiger partial charge in [0.2, 0.25) is 15.8 Å². The largest absolute Gasteiger partial charge is 0.324 e. The smallest absolute Gasteiger partial charge is 0.258 e. The second-order valence-corrected chi connectivity index (χ2v) is 7.52. The fraction of sp³-hybridized carbons (Fsp3) is 0.538. The van der Waals surface area contributed by atoms with Crippen LogP contribution in [0.15, 0.2) is 23.1 Å². The number of halogens is 1. The van der Waals surface area contributed by atoms with Crippen LogP contribution in [0.5, 0.6) is 0 Å². The fourth-order valence-electron chi connectivity index (χ4n) is 3.41. The van der Waals surface area contributed by atoms with Crippen LogP contribution in [0.2, 0.25) is 0 Å². The summed E-state index contributed by atoms with van der Waals surface area (Å²) in [5, 5.41) is 11.0. The number of nitro groups is 1. The number of sulfonamides is 1. The number of nitrogens with zero attached hydrogens (tertiary/aromatic N) is 2. The molecule has 114 valence electrons. The molecule has 3 rings (SSSR count). The van der Waals surface area contributed by atoms with Crippen LogP contribution in [0, 0.1) is 27.8 Å². The maximum absolute atomic E-state index is 13.6. The predicted octanol–water partition coefficient (Wildman–Crippen LogP) is 2.15. The van der Waals surface area contributed by atoms with Crippen molar-refractivity contribution in [1.82, 2.24) is 4.31 Å². The van der Waals surface area contributed by atoms with Gasteiger partial charge in [0.15, 0.2) is 4.90 Å². The van der Waals surface area contributed by atoms with E-state index in [1.54, 1.807) is 0 Å². The molecule has 1 saturated heterocycles. The van der Waals surface area contributed by atoms with E-state index in [0.29, 0.717) is 24.9 Å². The lowest BCUT2D eigenvalue weighted by Crippen LogP contribution is -2.30. The molecule has 21 heavy (non-hydrogen) atoms. The highest BCUT2D eigenvalue weighted by molar-refractivity contribution is 7.89. The third-order valence-electron chi connectivity index (χ3n) is 4.44. The van der Waals surface area contributed by atoms with Gasteiger partial charge in [-0.15, -0.1) is 0 Å². The number of benzene rings is 1. The molecule has 6 nitrogen and oxygen atoms in total. The van der Waals surface area contributed by atoms with Crippen LogP contribution in [0.25, 0.3) is 0 Å². The van der Waals surface area contributed by atoms with Crippen molar-refractivity contribution in [3.05, 3.63) is 34.1 Å². The van der Waals surface area contributed by atoms with Gasteiger partial charge >= 0.3 is 5.69 Å². The van der Waals surface area contributed by atoms with Crippen molar-refractivity contribution in [3.63, 3.8) is 0 Å². The van der Waals surface area contributed by atoms with Crippen LogP contribution >= 0.6 is 0 Å². The molecule has 0 radical (unpaired) electrons. The summed E-state index contributed by atoms with van der Waals surface area (Å²) < 4.78 is 40.1. The number of hydrogen-bond donors (Lipinski definition) is 0. The van der Waals surface area contributed by atoms with E-state index in [4.69, 9.17) is 0 Å². The molecule has 2 fully saturated rings. The van der Waals surface area contributed by atoms with Gasteiger partial charge in [0.05, 0.1) is 4.92 Å². The molecule has 0 N–H and O–H groups in total. The summed E-state index contributed by atoms with van der Waals surface area (Å²) in [6, 6.07) is 3.19. The second-order valence-electron chi connectivity index (χ2n) is 5.62. The number of fused-ring (bicyclic) bond motifs is 1. The Labute approximate surface area is 121 Å². The van der Waals surface area contributed by atoms with Crippen LogP contribution in [0.4, 0.5) is 10.1 Å². The maximum Gasteiger partial charge on any atom is 0.324 e. The highest BCUT2D eigenvalue weighted by Crippen LogP contribution is 2.41. The molecule has 2 unspecified atom stereocenters. The molecule has 1 aliphatic heterocycles. The minimum atomic E-state index is -4.03. The monoisotopic (exact) mass is 314 g/mol. The first-order chi connectivity index (χ1) is 9.91. The quantitative estimate of drug-likeness (QED) is 0.632. The Kier molecular flexibility index (Phi) is 3.45. The Morgan fingerprint density at radius 1 is 1.24 bits per heavy atom. The molecule has 1 heterocycles. The van der Waals surface area contributed by atoms with Crippen LogP contribution in [0.1, 0.15) is 19.3 Å². The lowest BCUT2D eigenvalue weighted by Gasteiger charge is -2.17. The van der Waals surface area contributed by atoms with Gasteiger partial charge in [-0.3, -0.25) is 10.1 Å². The minimum Gasteiger partial charge on any atom is -0.258 e. The summed E-state index contributed by atoms with van der Waals surface area (Å²) in [5.41, 5.74) is -0.963. The van der Waals surface area contributed by atoms with E-state index in [2.05, 4.69) is 0 Å². The molecule has 1 aromatic rings. The molecule has 0 aromatic heterocycles. The number of hydrogen-bond acceptors (Lipinski definition) is 4. The molecule has 1 aromatic carbocycles. The summed E-state index contributed by atoms with van der Waals surface area (Å²) in [7, 11) is -4.03. The van der Waals surface area contributed by atoms with E-state index in [1.807, 2.05) is 0 Å². The molecule has 8 heteroatoms. The lowest BCUT2D eigenvalue weighted by atomic mass is 10.0. The summed E-state index contributed by atoms with van der Waals surface area (Å²) in [5.74, 6) is -0.472. The first-order valence-corrected chi connectivity index (χ1v) is 8.28. The molecule has 1 aliphatic carbocycles. The molecule has 2 atom stereocenters. The second kappa shape index (κ2) is 5.03. The molecule has 1 saturated carbocycles. The van der Waals surface area contributed by atoms with Crippen LogP contribution < -0.4 is 0 Å². The summed E-state index contributed by atoms with van der Waals surface area (Å²) in [6.45, 7) is 0.751. The topological polar surface area (TPSA) is 80.5 Å². The third-order valence-corrected chi connectivity index (χ3v) is 6.31. The average molecular weight is 314 g/mol. The normalized spacial score (nSPS) is 26.0. The third kappa shape index (κ3) is 2.32. The summed E-state index contributed by atoms with van der Waals surface area (Å²) in [6.07, 6.45) is 3.08. The van der Waals surface area contributed by atoms with Gasteiger partial charge in [-0.2, -0.15) is 8.70 Å². The average Bonchev–Trinajstić information content (AvgIpc) is 2.98. The summed E-state index contributed by atoms with van der Waals surface area (Å²) >= 11 is 0. The van der Waals surface area contributed by atoms with Crippen molar-refractivity contribution in [2.24, 2.45) is 11.8 Å². The van der Waals surface area contributed by atoms with Crippen LogP contribution in [0.3, 0.4) is 0 Å². The molecule has 0 amide bonds. The van der Waals surface area contributed by atoms with E-state index >= 15 is 0 Å². The van der Waals surface area contributed by atoms with E-state index < -0.39 is 31.3 Å². The Morgan fingerprint density at radius 3 is 2.43 bits per heavy atom. The van der Waals surface area contributed by atoms with Crippen molar-refractivity contribution in [1.29, 1.82) is 0 Å². The number of nitro benzene ring substituents is 1. The lowest BCUT2D eigenvalue weighted by molar-refractivity contribution is -0.390. The molecular formula is C13H15FN2O4S. The van der Waals surface area contributed by atoms with Crippen molar-refractivity contribution in [3.8, 4) is 0 Å². The first-order valence-electron chi connectivity index (χ1n) is 6.84. The maximum atomic E-state index is 13.6. The Balaban J connectivity index is 2.00. The van der Waals surface area contributed by atoms with E-state index in [9.17, 15) is 22.9 Å². The van der Waals surface area contributed by atoms with E-state index in [0.717, 1.165) is 31.4 Å². The zero-order chi connectivity index (χ0) is 15.2. The van der Waals surface area contributed by atoms with Gasteiger partial charge < -0.3 is 0 Å². The van der Waals surface area contributed by atoms with Crippen LogP contribution in [-0.4, -0.2) is 30.7 Å². The van der Waals surface area contributed by atoms with Gasteiger partial charge in [-0.05, 0) is 36.8 Å². The molecular weight excluding hydrogens is 299 g/mol. The van der Waals surface area contributed by atoms with Crippen molar-refractivity contribution in [2.75, 3.05) is 13.1 Å². The van der Waals surface area contributed by atoms with Gasteiger partial charge in [0, 0.05) is 13.1 Å². The van der Waals surface area contributed by atoms with Crippen LogP contribution in [-0.2, 0) is 10.0 Å². The Morgan fingerprint density at radius 2 is 1.86 bits per heavy atom.